The third-order valence-electron chi connectivity index (χ3n) is 5.81. The average molecular weight is 485 g/mol. The molecule has 0 spiro atoms. The van der Waals surface area contributed by atoms with E-state index in [-0.39, 0.29) is 22.4 Å². The molecule has 0 aliphatic carbocycles. The number of ether oxygens (including phenoxy) is 1. The van der Waals surface area contributed by atoms with Crippen molar-refractivity contribution in [2.75, 3.05) is 31.1 Å². The van der Waals surface area contributed by atoms with Crippen molar-refractivity contribution in [2.45, 2.75) is 31.7 Å². The highest BCUT2D eigenvalue weighted by Crippen LogP contribution is 2.38. The predicted octanol–water partition coefficient (Wildman–Crippen LogP) is 4.80. The first-order chi connectivity index (χ1) is 15.8. The number of thiophene rings is 1. The van der Waals surface area contributed by atoms with Crippen LogP contribution in [0.25, 0.3) is 11.1 Å². The fourth-order valence-electron chi connectivity index (χ4n) is 4.22. The second-order valence-corrected chi connectivity index (χ2v) is 10.9. The first-order valence-electron chi connectivity index (χ1n) is 11.0. The van der Waals surface area contributed by atoms with Gasteiger partial charge in [-0.1, -0.05) is 42.5 Å². The van der Waals surface area contributed by atoms with Crippen LogP contribution in [0.15, 0.2) is 64.9 Å². The van der Waals surface area contributed by atoms with Gasteiger partial charge in [-0.05, 0) is 44.0 Å². The average Bonchev–Trinajstić information content (AvgIpc) is 3.26. The van der Waals surface area contributed by atoms with E-state index in [1.54, 1.807) is 12.3 Å². The molecule has 1 aliphatic rings. The molecule has 0 radical (unpaired) electrons. The van der Waals surface area contributed by atoms with Gasteiger partial charge in [-0.25, -0.2) is 13.2 Å². The smallest absolute Gasteiger partial charge is 0.349 e. The third-order valence-corrected chi connectivity index (χ3v) is 8.85. The van der Waals surface area contributed by atoms with Crippen LogP contribution in [0.5, 0.6) is 0 Å². The van der Waals surface area contributed by atoms with Crippen LogP contribution >= 0.6 is 11.3 Å². The van der Waals surface area contributed by atoms with E-state index in [0.29, 0.717) is 25.2 Å². The molecular weight excluding hydrogens is 456 g/mol. The lowest BCUT2D eigenvalue weighted by molar-refractivity contribution is 0.0528. The summed E-state index contributed by atoms with van der Waals surface area (Å²) in [6.07, 6.45) is 0. The van der Waals surface area contributed by atoms with E-state index in [4.69, 9.17) is 4.74 Å². The molecule has 0 bridgehead atoms. The van der Waals surface area contributed by atoms with E-state index < -0.39 is 16.0 Å². The van der Waals surface area contributed by atoms with Crippen molar-refractivity contribution in [3.63, 3.8) is 0 Å². The highest BCUT2D eigenvalue weighted by Gasteiger charge is 2.38. The molecule has 6 nitrogen and oxygen atoms in total. The highest BCUT2D eigenvalue weighted by molar-refractivity contribution is 7.89. The Bertz CT molecular complexity index is 1240. The second kappa shape index (κ2) is 9.67. The Kier molecular flexibility index (Phi) is 6.88. The van der Waals surface area contributed by atoms with E-state index in [0.717, 1.165) is 22.6 Å². The van der Waals surface area contributed by atoms with Crippen LogP contribution in [0.3, 0.4) is 0 Å². The molecule has 0 N–H and O–H groups in total. The van der Waals surface area contributed by atoms with Crippen LogP contribution in [0, 0.1) is 6.92 Å². The number of hydrogen-bond donors (Lipinski definition) is 0. The Labute approximate surface area is 199 Å². The Morgan fingerprint density at radius 2 is 1.88 bits per heavy atom. The molecule has 0 saturated carbocycles. The number of carbonyl (C=O) groups is 1. The summed E-state index contributed by atoms with van der Waals surface area (Å²) in [7, 11) is -3.92. The third kappa shape index (κ3) is 4.69. The van der Waals surface area contributed by atoms with Gasteiger partial charge in [-0.2, -0.15) is 4.31 Å². The number of piperazine rings is 1. The lowest BCUT2D eigenvalue weighted by Gasteiger charge is -2.40. The van der Waals surface area contributed by atoms with Crippen molar-refractivity contribution < 1.29 is 17.9 Å². The molecular formula is C25H28N2O4S2. The molecule has 0 amide bonds. The zero-order valence-electron chi connectivity index (χ0n) is 19.0. The second-order valence-electron chi connectivity index (χ2n) is 8.14. The number of nitrogens with zero attached hydrogens (tertiary/aromatic N) is 2. The first kappa shape index (κ1) is 23.5. The van der Waals surface area contributed by atoms with Crippen molar-refractivity contribution in [1.29, 1.82) is 0 Å². The van der Waals surface area contributed by atoms with Gasteiger partial charge < -0.3 is 9.64 Å². The quantitative estimate of drug-likeness (QED) is 0.470. The van der Waals surface area contributed by atoms with E-state index in [1.165, 1.54) is 9.87 Å². The number of hydrogen-bond acceptors (Lipinski definition) is 6. The van der Waals surface area contributed by atoms with Gasteiger partial charge in [0.15, 0.2) is 0 Å². The summed E-state index contributed by atoms with van der Waals surface area (Å²) in [6, 6.07) is 17.5. The number of rotatable bonds is 6. The van der Waals surface area contributed by atoms with Crippen molar-refractivity contribution in [1.82, 2.24) is 4.31 Å². The van der Waals surface area contributed by atoms with Gasteiger partial charge in [0.2, 0.25) is 10.0 Å². The Morgan fingerprint density at radius 1 is 1.12 bits per heavy atom. The summed E-state index contributed by atoms with van der Waals surface area (Å²) in [5.74, 6) is -0.602. The maximum atomic E-state index is 13.9. The molecule has 1 fully saturated rings. The topological polar surface area (TPSA) is 66.9 Å². The molecule has 1 saturated heterocycles. The molecule has 1 atom stereocenters. The first-order valence-corrected chi connectivity index (χ1v) is 13.3. The van der Waals surface area contributed by atoms with Crippen molar-refractivity contribution in [2.24, 2.45) is 0 Å². The van der Waals surface area contributed by atoms with Crippen LogP contribution < -0.4 is 4.90 Å². The largest absolute Gasteiger partial charge is 0.462 e. The van der Waals surface area contributed by atoms with Crippen LogP contribution in [-0.4, -0.2) is 51.0 Å². The van der Waals surface area contributed by atoms with Crippen LogP contribution in [0.1, 0.15) is 29.1 Å². The SMILES string of the molecule is CCOC(=O)c1scc(-c2ccccc2)c1S(=O)(=O)N1CCN(c2cccc(C)c2)[C@@H](C)C1. The van der Waals surface area contributed by atoms with Gasteiger partial charge in [0.25, 0.3) is 0 Å². The molecule has 8 heteroatoms. The summed E-state index contributed by atoms with van der Waals surface area (Å²) < 4.78 is 34.5. The summed E-state index contributed by atoms with van der Waals surface area (Å²) in [5.41, 5.74) is 3.55. The van der Waals surface area contributed by atoms with E-state index in [1.807, 2.05) is 56.3 Å². The maximum Gasteiger partial charge on any atom is 0.349 e. The van der Waals surface area contributed by atoms with Crippen LogP contribution in [0.2, 0.25) is 0 Å². The molecule has 4 rings (SSSR count). The fourth-order valence-corrected chi connectivity index (χ4v) is 7.38. The van der Waals surface area contributed by atoms with Gasteiger partial charge in [0, 0.05) is 42.3 Å². The number of carbonyl (C=O) groups excluding carboxylic acids is 1. The predicted molar refractivity (Wildman–Crippen MR) is 132 cm³/mol. The number of anilines is 1. The number of aryl methyl sites for hydroxylation is 1. The zero-order valence-corrected chi connectivity index (χ0v) is 20.7. The minimum atomic E-state index is -3.92. The van der Waals surface area contributed by atoms with Gasteiger partial charge in [0.1, 0.15) is 9.77 Å². The molecule has 1 aromatic heterocycles. The van der Waals surface area contributed by atoms with Crippen molar-refractivity contribution >= 4 is 33.0 Å². The van der Waals surface area contributed by atoms with Gasteiger partial charge in [-0.15, -0.1) is 11.3 Å². The highest BCUT2D eigenvalue weighted by atomic mass is 32.2. The van der Waals surface area contributed by atoms with Gasteiger partial charge >= 0.3 is 5.97 Å². The summed E-state index contributed by atoms with van der Waals surface area (Å²) >= 11 is 1.12. The number of benzene rings is 2. The molecule has 2 aromatic carbocycles. The lowest BCUT2D eigenvalue weighted by Crippen LogP contribution is -2.53. The summed E-state index contributed by atoms with van der Waals surface area (Å²) in [5, 5.41) is 1.74. The molecule has 0 unspecified atom stereocenters. The Hall–Kier alpha value is -2.68. The number of sulfonamides is 1. The van der Waals surface area contributed by atoms with Gasteiger partial charge in [-0.3, -0.25) is 0 Å². The summed E-state index contributed by atoms with van der Waals surface area (Å²) in [6.45, 7) is 7.22. The standard InChI is InChI=1S/C25H28N2O4S2/c1-4-31-25(28)23-24(22(17-32-23)20-10-6-5-7-11-20)33(29,30)26-13-14-27(19(3)16-26)21-12-8-9-18(2)15-21/h5-12,15,17,19H,4,13-14,16H2,1-3H3/t19-/m0/s1. The lowest BCUT2D eigenvalue weighted by atomic mass is 10.1. The van der Waals surface area contributed by atoms with Gasteiger partial charge in [0.05, 0.1) is 6.61 Å². The molecule has 33 heavy (non-hydrogen) atoms. The molecule has 174 valence electrons. The molecule has 3 aromatic rings. The fraction of sp³-hybridized carbons (Fsp3) is 0.320. The normalized spacial score (nSPS) is 17.2. The molecule has 1 aliphatic heterocycles. The number of esters is 1. The van der Waals surface area contributed by atoms with Crippen LogP contribution in [0.4, 0.5) is 5.69 Å². The summed E-state index contributed by atoms with van der Waals surface area (Å²) in [4.78, 5) is 15.1. The van der Waals surface area contributed by atoms with Crippen LogP contribution in [-0.2, 0) is 14.8 Å². The monoisotopic (exact) mass is 484 g/mol. The maximum absolute atomic E-state index is 13.9. The molecule has 2 heterocycles. The van der Waals surface area contributed by atoms with E-state index in [9.17, 15) is 13.2 Å². The minimum absolute atomic E-state index is 0.0137. The Morgan fingerprint density at radius 3 is 2.55 bits per heavy atom. The van der Waals surface area contributed by atoms with E-state index in [2.05, 4.69) is 17.0 Å². The van der Waals surface area contributed by atoms with Crippen molar-refractivity contribution in [3.8, 4) is 11.1 Å². The zero-order chi connectivity index (χ0) is 23.6. The van der Waals surface area contributed by atoms with E-state index >= 15 is 0 Å². The minimum Gasteiger partial charge on any atom is -0.462 e. The van der Waals surface area contributed by atoms with Crippen molar-refractivity contribution in [3.05, 3.63) is 70.4 Å². The Balaban J connectivity index is 1.70.